The van der Waals surface area contributed by atoms with Crippen LogP contribution in [0.25, 0.3) is 0 Å². The van der Waals surface area contributed by atoms with E-state index in [1.165, 1.54) is 33.5 Å². The summed E-state index contributed by atoms with van der Waals surface area (Å²) < 4.78 is 20.0. The van der Waals surface area contributed by atoms with Gasteiger partial charge in [0.25, 0.3) is 0 Å². The first kappa shape index (κ1) is 17.5. The molecule has 120 valence electrons. The Hall–Kier alpha value is -2.57. The Balaban J connectivity index is 3.03. The third kappa shape index (κ3) is 3.97. The normalized spacial score (nSPS) is 9.82. The Bertz CT molecular complexity index is 552. The average molecular weight is 310 g/mol. The van der Waals surface area contributed by atoms with Crippen molar-refractivity contribution in [3.63, 3.8) is 0 Å². The topological polar surface area (TPSA) is 88.1 Å². The third-order valence-electron chi connectivity index (χ3n) is 2.81. The van der Waals surface area contributed by atoms with Gasteiger partial charge < -0.3 is 18.9 Å². The molecule has 0 N–H and O–H groups in total. The van der Waals surface area contributed by atoms with Crippen LogP contribution in [0, 0.1) is 0 Å². The molecule has 0 aliphatic heterocycles. The zero-order chi connectivity index (χ0) is 16.7. The van der Waals surface area contributed by atoms with Crippen LogP contribution in [0.2, 0.25) is 0 Å². The molecular weight excluding hydrogens is 292 g/mol. The molecule has 0 amide bonds. The summed E-state index contributed by atoms with van der Waals surface area (Å²) in [4.78, 5) is 34.9. The number of carbonyl (C=O) groups is 3. The van der Waals surface area contributed by atoms with Gasteiger partial charge in [-0.1, -0.05) is 0 Å². The molecule has 0 saturated heterocycles. The van der Waals surface area contributed by atoms with Gasteiger partial charge in [0.15, 0.2) is 17.3 Å². The van der Waals surface area contributed by atoms with Gasteiger partial charge in [-0.05, 0) is 19.1 Å². The molecule has 0 saturated carbocycles. The van der Waals surface area contributed by atoms with E-state index < -0.39 is 24.0 Å². The smallest absolute Gasteiger partial charge is 0.375 e. The van der Waals surface area contributed by atoms with Crippen molar-refractivity contribution in [3.8, 4) is 17.2 Å². The molecule has 22 heavy (non-hydrogen) atoms. The molecule has 1 rings (SSSR count). The van der Waals surface area contributed by atoms with E-state index in [-0.39, 0.29) is 23.7 Å². The van der Waals surface area contributed by atoms with Crippen LogP contribution in [0.5, 0.6) is 17.2 Å². The van der Waals surface area contributed by atoms with Gasteiger partial charge in [0.1, 0.15) is 0 Å². The number of hydrogen-bond donors (Lipinski definition) is 0. The van der Waals surface area contributed by atoms with Crippen molar-refractivity contribution in [2.45, 2.75) is 13.3 Å². The van der Waals surface area contributed by atoms with E-state index in [0.29, 0.717) is 5.75 Å². The Morgan fingerprint density at radius 1 is 0.955 bits per heavy atom. The van der Waals surface area contributed by atoms with E-state index in [9.17, 15) is 14.4 Å². The highest BCUT2D eigenvalue weighted by molar-refractivity contribution is 6.38. The summed E-state index contributed by atoms with van der Waals surface area (Å²) in [6, 6.07) is 2.84. The summed E-state index contributed by atoms with van der Waals surface area (Å²) >= 11 is 0. The lowest BCUT2D eigenvalue weighted by Gasteiger charge is -2.13. The lowest BCUT2D eigenvalue weighted by atomic mass is 10.0. The van der Waals surface area contributed by atoms with E-state index in [2.05, 4.69) is 4.74 Å². The standard InChI is InChI=1S/C15H18O7/c1-5-22-15(18)11(17)8-10(16)9-6-12(19-2)14(21-4)13(7-9)20-3/h6-7H,5,8H2,1-4H3. The Kier molecular flexibility index (Phi) is 6.37. The molecule has 0 aliphatic rings. The lowest BCUT2D eigenvalue weighted by Crippen LogP contribution is -2.20. The molecule has 0 heterocycles. The molecular formula is C15H18O7. The van der Waals surface area contributed by atoms with Crippen LogP contribution in [0.3, 0.4) is 0 Å². The highest BCUT2D eigenvalue weighted by Gasteiger charge is 2.22. The SMILES string of the molecule is CCOC(=O)C(=O)CC(=O)c1cc(OC)c(OC)c(OC)c1. The molecule has 0 spiro atoms. The number of carbonyl (C=O) groups excluding carboxylic acids is 3. The van der Waals surface area contributed by atoms with Gasteiger partial charge in [-0.25, -0.2) is 4.79 Å². The van der Waals surface area contributed by atoms with Crippen LogP contribution >= 0.6 is 0 Å². The molecule has 0 bridgehead atoms. The summed E-state index contributed by atoms with van der Waals surface area (Å²) in [5.74, 6) is -1.57. The van der Waals surface area contributed by atoms with E-state index in [4.69, 9.17) is 14.2 Å². The number of hydrogen-bond acceptors (Lipinski definition) is 7. The molecule has 7 heteroatoms. The predicted molar refractivity (Wildman–Crippen MR) is 76.7 cm³/mol. The second-order valence-electron chi connectivity index (χ2n) is 4.16. The molecule has 0 unspecified atom stereocenters. The van der Waals surface area contributed by atoms with Gasteiger partial charge in [-0.15, -0.1) is 0 Å². The van der Waals surface area contributed by atoms with Crippen molar-refractivity contribution in [2.24, 2.45) is 0 Å². The van der Waals surface area contributed by atoms with E-state index in [0.717, 1.165) is 0 Å². The first-order chi connectivity index (χ1) is 10.5. The van der Waals surface area contributed by atoms with Crippen molar-refractivity contribution in [1.82, 2.24) is 0 Å². The molecule has 0 radical (unpaired) electrons. The summed E-state index contributed by atoms with van der Waals surface area (Å²) in [5.41, 5.74) is 0.173. The number of Topliss-reactive ketones (excluding diaryl/α,β-unsaturated/α-hetero) is 2. The largest absolute Gasteiger partial charge is 0.493 e. The highest BCUT2D eigenvalue weighted by Crippen LogP contribution is 2.38. The van der Waals surface area contributed by atoms with Crippen molar-refractivity contribution < 1.29 is 33.3 Å². The monoisotopic (exact) mass is 310 g/mol. The first-order valence-corrected chi connectivity index (χ1v) is 6.51. The number of ketones is 2. The van der Waals surface area contributed by atoms with E-state index in [1.807, 2.05) is 0 Å². The molecule has 0 aromatic heterocycles. The van der Waals surface area contributed by atoms with Crippen LogP contribution in [-0.4, -0.2) is 45.5 Å². The maximum atomic E-state index is 12.1. The zero-order valence-corrected chi connectivity index (χ0v) is 12.9. The van der Waals surface area contributed by atoms with Gasteiger partial charge >= 0.3 is 5.97 Å². The molecule has 0 atom stereocenters. The molecule has 7 nitrogen and oxygen atoms in total. The van der Waals surface area contributed by atoms with Crippen molar-refractivity contribution >= 4 is 17.5 Å². The van der Waals surface area contributed by atoms with E-state index in [1.54, 1.807) is 6.92 Å². The zero-order valence-electron chi connectivity index (χ0n) is 12.9. The van der Waals surface area contributed by atoms with Crippen molar-refractivity contribution in [1.29, 1.82) is 0 Å². The summed E-state index contributed by atoms with van der Waals surface area (Å²) in [7, 11) is 4.26. The number of esters is 1. The quantitative estimate of drug-likeness (QED) is 0.310. The number of methoxy groups -OCH3 is 3. The highest BCUT2D eigenvalue weighted by atomic mass is 16.5. The summed E-state index contributed by atoms with van der Waals surface area (Å²) in [6.45, 7) is 1.65. The van der Waals surface area contributed by atoms with Crippen LogP contribution in [0.1, 0.15) is 23.7 Å². The van der Waals surface area contributed by atoms with Gasteiger partial charge in [-0.3, -0.25) is 9.59 Å². The maximum absolute atomic E-state index is 12.1. The molecule has 0 fully saturated rings. The van der Waals surface area contributed by atoms with Crippen molar-refractivity contribution in [2.75, 3.05) is 27.9 Å². The minimum absolute atomic E-state index is 0.0724. The Morgan fingerprint density at radius 2 is 1.50 bits per heavy atom. The fourth-order valence-electron chi connectivity index (χ4n) is 1.77. The van der Waals surface area contributed by atoms with Gasteiger partial charge in [0.05, 0.1) is 34.4 Å². The number of ether oxygens (including phenoxy) is 4. The maximum Gasteiger partial charge on any atom is 0.375 e. The van der Waals surface area contributed by atoms with Crippen LogP contribution < -0.4 is 14.2 Å². The second-order valence-corrected chi connectivity index (χ2v) is 4.16. The molecule has 1 aromatic rings. The fraction of sp³-hybridized carbons (Fsp3) is 0.400. The van der Waals surface area contributed by atoms with Crippen LogP contribution in [0.4, 0.5) is 0 Å². The minimum atomic E-state index is -1.02. The first-order valence-electron chi connectivity index (χ1n) is 6.51. The van der Waals surface area contributed by atoms with Gasteiger partial charge in [-0.2, -0.15) is 0 Å². The van der Waals surface area contributed by atoms with E-state index >= 15 is 0 Å². The molecule has 1 aromatic carbocycles. The predicted octanol–water partition coefficient (Wildman–Crippen LogP) is 1.42. The summed E-state index contributed by atoms with van der Waals surface area (Å²) in [5, 5.41) is 0. The Labute approximate surface area is 128 Å². The lowest BCUT2D eigenvalue weighted by molar-refractivity contribution is -0.153. The van der Waals surface area contributed by atoms with Gasteiger partial charge in [0, 0.05) is 5.56 Å². The summed E-state index contributed by atoms with van der Waals surface area (Å²) in [6.07, 6.45) is -0.586. The van der Waals surface area contributed by atoms with Crippen molar-refractivity contribution in [3.05, 3.63) is 17.7 Å². The van der Waals surface area contributed by atoms with Crippen LogP contribution in [0.15, 0.2) is 12.1 Å². The molecule has 0 aliphatic carbocycles. The second kappa shape index (κ2) is 8.02. The fourth-order valence-corrected chi connectivity index (χ4v) is 1.77. The van der Waals surface area contributed by atoms with Gasteiger partial charge in [0.2, 0.25) is 11.5 Å². The van der Waals surface area contributed by atoms with Crippen LogP contribution in [-0.2, 0) is 14.3 Å². The average Bonchev–Trinajstić information content (AvgIpc) is 2.53. The number of rotatable bonds is 8. The third-order valence-corrected chi connectivity index (χ3v) is 2.81. The Morgan fingerprint density at radius 3 is 1.91 bits per heavy atom. The number of benzene rings is 1. The minimum Gasteiger partial charge on any atom is -0.493 e.